The quantitative estimate of drug-likeness (QED) is 0.817. The zero-order chi connectivity index (χ0) is 17.5. The van der Waals surface area contributed by atoms with Crippen molar-refractivity contribution in [2.24, 2.45) is 0 Å². The van der Waals surface area contributed by atoms with Crippen LogP contribution in [0.15, 0.2) is 58.3 Å². The molecule has 2 amide bonds. The highest BCUT2D eigenvalue weighted by Gasteiger charge is 2.11. The molecule has 0 saturated carbocycles. The number of nitrogens with one attached hydrogen (secondary N) is 1. The summed E-state index contributed by atoms with van der Waals surface area (Å²) in [7, 11) is 1.73. The standard InChI is InChI=1S/C19H24N2O2S/c1-14-13-17(24-16-7-5-4-6-8-16)9-10-18(14)20-19(23)21(3)12-11-15(2)22/h4-10,13,15,22H,11-12H2,1-3H3,(H,20,23). The minimum absolute atomic E-state index is 0.165. The van der Waals surface area contributed by atoms with Gasteiger partial charge in [0, 0.05) is 29.1 Å². The van der Waals surface area contributed by atoms with Gasteiger partial charge in [-0.1, -0.05) is 30.0 Å². The number of aliphatic hydroxyl groups is 1. The van der Waals surface area contributed by atoms with Crippen molar-refractivity contribution in [3.8, 4) is 0 Å². The van der Waals surface area contributed by atoms with E-state index in [4.69, 9.17) is 0 Å². The zero-order valence-electron chi connectivity index (χ0n) is 14.3. The maximum atomic E-state index is 12.2. The van der Waals surface area contributed by atoms with Crippen molar-refractivity contribution >= 4 is 23.5 Å². The molecular weight excluding hydrogens is 320 g/mol. The fourth-order valence-corrected chi connectivity index (χ4v) is 3.09. The summed E-state index contributed by atoms with van der Waals surface area (Å²) in [5.74, 6) is 0. The van der Waals surface area contributed by atoms with Gasteiger partial charge in [0.25, 0.3) is 0 Å². The van der Waals surface area contributed by atoms with E-state index in [1.807, 2.05) is 37.3 Å². The first-order valence-corrected chi connectivity index (χ1v) is 8.81. The summed E-state index contributed by atoms with van der Waals surface area (Å²) in [5.41, 5.74) is 1.83. The van der Waals surface area contributed by atoms with Gasteiger partial charge in [-0.25, -0.2) is 4.79 Å². The van der Waals surface area contributed by atoms with Crippen molar-refractivity contribution in [2.75, 3.05) is 18.9 Å². The van der Waals surface area contributed by atoms with E-state index >= 15 is 0 Å². The molecule has 2 aromatic carbocycles. The Balaban J connectivity index is 1.98. The van der Waals surface area contributed by atoms with Gasteiger partial charge in [0.15, 0.2) is 0 Å². The second kappa shape index (κ2) is 8.76. The summed E-state index contributed by atoms with van der Waals surface area (Å²) < 4.78 is 0. The first-order valence-electron chi connectivity index (χ1n) is 7.99. The summed E-state index contributed by atoms with van der Waals surface area (Å²) in [6.07, 6.45) is 0.159. The summed E-state index contributed by atoms with van der Waals surface area (Å²) >= 11 is 1.70. The van der Waals surface area contributed by atoms with E-state index in [1.54, 1.807) is 30.6 Å². The van der Waals surface area contributed by atoms with Crippen LogP contribution in [0.1, 0.15) is 18.9 Å². The second-order valence-corrected chi connectivity index (χ2v) is 7.03. The summed E-state index contributed by atoms with van der Waals surface area (Å²) in [6, 6.07) is 16.0. The highest BCUT2D eigenvalue weighted by atomic mass is 32.2. The maximum Gasteiger partial charge on any atom is 0.321 e. The topological polar surface area (TPSA) is 52.6 Å². The molecule has 0 spiro atoms. The minimum Gasteiger partial charge on any atom is -0.393 e. The van der Waals surface area contributed by atoms with Crippen LogP contribution >= 0.6 is 11.8 Å². The maximum absolute atomic E-state index is 12.2. The molecule has 0 fully saturated rings. The smallest absolute Gasteiger partial charge is 0.321 e. The Hall–Kier alpha value is -1.98. The van der Waals surface area contributed by atoms with Gasteiger partial charge in [0.1, 0.15) is 0 Å². The zero-order valence-corrected chi connectivity index (χ0v) is 15.1. The van der Waals surface area contributed by atoms with Crippen molar-refractivity contribution in [1.29, 1.82) is 0 Å². The molecule has 0 saturated heterocycles. The molecule has 0 aliphatic carbocycles. The number of carbonyl (C=O) groups excluding carboxylic acids is 1. The van der Waals surface area contributed by atoms with Gasteiger partial charge < -0.3 is 15.3 Å². The molecule has 0 aromatic heterocycles. The number of aliphatic hydroxyl groups excluding tert-OH is 1. The van der Waals surface area contributed by atoms with Crippen molar-refractivity contribution in [2.45, 2.75) is 36.2 Å². The number of benzene rings is 2. The monoisotopic (exact) mass is 344 g/mol. The van der Waals surface area contributed by atoms with Crippen LogP contribution in [0.5, 0.6) is 0 Å². The average Bonchev–Trinajstić information content (AvgIpc) is 2.56. The van der Waals surface area contributed by atoms with Crippen LogP contribution in [-0.4, -0.2) is 35.7 Å². The number of amides is 2. The highest BCUT2D eigenvalue weighted by molar-refractivity contribution is 7.99. The number of carbonyl (C=O) groups is 1. The highest BCUT2D eigenvalue weighted by Crippen LogP contribution is 2.30. The predicted octanol–water partition coefficient (Wildman–Crippen LogP) is 4.38. The Kier molecular flexibility index (Phi) is 6.70. The average molecular weight is 344 g/mol. The Morgan fingerprint density at radius 2 is 1.92 bits per heavy atom. The number of rotatable bonds is 6. The lowest BCUT2D eigenvalue weighted by molar-refractivity contribution is 0.167. The summed E-state index contributed by atoms with van der Waals surface area (Å²) in [5, 5.41) is 12.2. The number of anilines is 1. The van der Waals surface area contributed by atoms with Gasteiger partial charge in [0.2, 0.25) is 0 Å². The molecule has 0 aliphatic rings. The first-order chi connectivity index (χ1) is 11.5. The van der Waals surface area contributed by atoms with Gasteiger partial charge in [0.05, 0.1) is 6.10 Å². The largest absolute Gasteiger partial charge is 0.393 e. The number of hydrogen-bond acceptors (Lipinski definition) is 3. The number of hydrogen-bond donors (Lipinski definition) is 2. The molecular formula is C19H24N2O2S. The van der Waals surface area contributed by atoms with Crippen molar-refractivity contribution < 1.29 is 9.90 Å². The van der Waals surface area contributed by atoms with Gasteiger partial charge in [-0.05, 0) is 56.2 Å². The van der Waals surface area contributed by atoms with Gasteiger partial charge in [-0.3, -0.25) is 0 Å². The molecule has 0 bridgehead atoms. The molecule has 0 aliphatic heterocycles. The molecule has 4 nitrogen and oxygen atoms in total. The summed E-state index contributed by atoms with van der Waals surface area (Å²) in [4.78, 5) is 16.1. The Morgan fingerprint density at radius 3 is 2.54 bits per heavy atom. The molecule has 1 atom stereocenters. The SMILES string of the molecule is Cc1cc(Sc2ccccc2)ccc1NC(=O)N(C)CCC(C)O. The number of aryl methyl sites for hydroxylation is 1. The van der Waals surface area contributed by atoms with Crippen molar-refractivity contribution in [3.63, 3.8) is 0 Å². The van der Waals surface area contributed by atoms with Gasteiger partial charge in [-0.15, -0.1) is 0 Å². The van der Waals surface area contributed by atoms with Gasteiger partial charge >= 0.3 is 6.03 Å². The van der Waals surface area contributed by atoms with E-state index in [2.05, 4.69) is 23.5 Å². The lowest BCUT2D eigenvalue weighted by Crippen LogP contribution is -2.33. The van der Waals surface area contributed by atoms with Crippen LogP contribution in [0.2, 0.25) is 0 Å². The van der Waals surface area contributed by atoms with E-state index in [9.17, 15) is 9.90 Å². The fraction of sp³-hybridized carbons (Fsp3) is 0.316. The number of nitrogens with zero attached hydrogens (tertiary/aromatic N) is 1. The predicted molar refractivity (Wildman–Crippen MR) is 99.7 cm³/mol. The Morgan fingerprint density at radius 1 is 1.21 bits per heavy atom. The van der Waals surface area contributed by atoms with E-state index in [-0.39, 0.29) is 6.03 Å². The molecule has 5 heteroatoms. The minimum atomic E-state index is -0.406. The van der Waals surface area contributed by atoms with Crippen LogP contribution in [0, 0.1) is 6.92 Å². The van der Waals surface area contributed by atoms with E-state index < -0.39 is 6.10 Å². The van der Waals surface area contributed by atoms with Crippen LogP contribution in [0.4, 0.5) is 10.5 Å². The molecule has 0 radical (unpaired) electrons. The summed E-state index contributed by atoms with van der Waals surface area (Å²) in [6.45, 7) is 4.23. The third-order valence-electron chi connectivity index (χ3n) is 3.65. The third kappa shape index (κ3) is 5.58. The van der Waals surface area contributed by atoms with E-state index in [1.165, 1.54) is 4.90 Å². The van der Waals surface area contributed by atoms with E-state index in [0.29, 0.717) is 13.0 Å². The normalized spacial score (nSPS) is 11.8. The van der Waals surface area contributed by atoms with Crippen LogP contribution < -0.4 is 5.32 Å². The first kappa shape index (κ1) is 18.4. The number of urea groups is 1. The Bertz CT molecular complexity index is 674. The second-order valence-electron chi connectivity index (χ2n) is 5.88. The fourth-order valence-electron chi connectivity index (χ4n) is 2.16. The van der Waals surface area contributed by atoms with Crippen LogP contribution in [0.3, 0.4) is 0 Å². The van der Waals surface area contributed by atoms with Gasteiger partial charge in [-0.2, -0.15) is 0 Å². The third-order valence-corrected chi connectivity index (χ3v) is 4.64. The Labute approximate surface area is 147 Å². The van der Waals surface area contributed by atoms with Crippen molar-refractivity contribution in [3.05, 3.63) is 54.1 Å². The lowest BCUT2D eigenvalue weighted by Gasteiger charge is -2.19. The molecule has 2 N–H and O–H groups in total. The molecule has 1 unspecified atom stereocenters. The molecule has 2 aromatic rings. The molecule has 128 valence electrons. The van der Waals surface area contributed by atoms with Crippen LogP contribution in [-0.2, 0) is 0 Å². The van der Waals surface area contributed by atoms with E-state index in [0.717, 1.165) is 16.1 Å². The van der Waals surface area contributed by atoms with Crippen molar-refractivity contribution in [1.82, 2.24) is 4.90 Å². The molecule has 0 heterocycles. The molecule has 2 rings (SSSR count). The lowest BCUT2D eigenvalue weighted by atomic mass is 10.2. The van der Waals surface area contributed by atoms with Crippen LogP contribution in [0.25, 0.3) is 0 Å². The molecule has 24 heavy (non-hydrogen) atoms.